The van der Waals surface area contributed by atoms with Crippen LogP contribution in [0.25, 0.3) is 21.8 Å². The van der Waals surface area contributed by atoms with Crippen LogP contribution in [-0.2, 0) is 0 Å². The number of nitrogens with zero attached hydrogens (tertiary/aromatic N) is 1. The molecule has 0 spiro atoms. The van der Waals surface area contributed by atoms with Crippen molar-refractivity contribution in [1.82, 2.24) is 5.16 Å². The fraction of sp³-hybridized carbons (Fsp3) is 0. The second-order valence-corrected chi connectivity index (χ2v) is 6.57. The molecule has 6 heteroatoms. The van der Waals surface area contributed by atoms with Crippen LogP contribution in [0, 0.1) is 0 Å². The number of halogens is 2. The topological polar surface area (TPSA) is 52.0 Å². The molecule has 2 heterocycles. The lowest BCUT2D eigenvalue weighted by molar-refractivity contribution is 0.437. The molecule has 96 valence electrons. The summed E-state index contributed by atoms with van der Waals surface area (Å²) in [6.45, 7) is 0. The number of benzene rings is 1. The Hall–Kier alpha value is -1.11. The van der Waals surface area contributed by atoms with Crippen molar-refractivity contribution in [2.24, 2.45) is 0 Å². The van der Waals surface area contributed by atoms with Gasteiger partial charge < -0.3 is 10.3 Å². The van der Waals surface area contributed by atoms with Gasteiger partial charge in [0.15, 0.2) is 11.6 Å². The van der Waals surface area contributed by atoms with Crippen molar-refractivity contribution in [2.75, 3.05) is 5.73 Å². The highest BCUT2D eigenvalue weighted by molar-refractivity contribution is 9.10. The van der Waals surface area contributed by atoms with Gasteiger partial charge in [-0.1, -0.05) is 33.2 Å². The van der Waals surface area contributed by atoms with Crippen LogP contribution in [0.2, 0.25) is 0 Å². The number of hydrogen-bond donors (Lipinski definition) is 1. The smallest absolute Gasteiger partial charge is 0.187 e. The van der Waals surface area contributed by atoms with Gasteiger partial charge in [0.05, 0.1) is 10.4 Å². The van der Waals surface area contributed by atoms with Gasteiger partial charge in [0, 0.05) is 8.95 Å². The summed E-state index contributed by atoms with van der Waals surface area (Å²) in [6.07, 6.45) is 0. The van der Waals surface area contributed by atoms with Crippen molar-refractivity contribution in [3.05, 3.63) is 44.7 Å². The molecule has 0 aliphatic carbocycles. The molecule has 0 unspecified atom stereocenters. The van der Waals surface area contributed by atoms with Crippen molar-refractivity contribution in [1.29, 1.82) is 0 Å². The lowest BCUT2D eigenvalue weighted by Crippen LogP contribution is -1.88. The van der Waals surface area contributed by atoms with Crippen molar-refractivity contribution in [3.8, 4) is 21.8 Å². The molecule has 0 aliphatic heterocycles. The van der Waals surface area contributed by atoms with Gasteiger partial charge in [0.2, 0.25) is 0 Å². The van der Waals surface area contributed by atoms with Crippen LogP contribution in [0.4, 0.5) is 5.82 Å². The molecule has 0 saturated carbocycles. The first-order valence-electron chi connectivity index (χ1n) is 5.41. The lowest BCUT2D eigenvalue weighted by atomic mass is 10.1. The minimum Gasteiger partial charge on any atom is -0.380 e. The molecule has 2 aromatic heterocycles. The molecule has 0 amide bonds. The number of thiophene rings is 1. The Morgan fingerprint density at radius 3 is 2.74 bits per heavy atom. The SMILES string of the molecule is Nc1noc(-c2sccc2Br)c1-c1cccc(Br)c1. The van der Waals surface area contributed by atoms with Gasteiger partial charge >= 0.3 is 0 Å². The predicted molar refractivity (Wildman–Crippen MR) is 85.1 cm³/mol. The fourth-order valence-electron chi connectivity index (χ4n) is 1.84. The summed E-state index contributed by atoms with van der Waals surface area (Å²) in [5.41, 5.74) is 7.75. The van der Waals surface area contributed by atoms with Crippen LogP contribution in [0.1, 0.15) is 0 Å². The third-order valence-electron chi connectivity index (χ3n) is 2.66. The molecule has 2 N–H and O–H groups in total. The standard InChI is InChI=1S/C13H8Br2N2OS/c14-8-3-1-2-7(6-8)10-11(18-17-13(10)16)12-9(15)4-5-19-12/h1-6H,(H2,16,17). The Balaban J connectivity index is 2.22. The average molecular weight is 400 g/mol. The molecule has 0 radical (unpaired) electrons. The average Bonchev–Trinajstić information content (AvgIpc) is 2.95. The summed E-state index contributed by atoms with van der Waals surface area (Å²) in [7, 11) is 0. The third kappa shape index (κ3) is 2.35. The summed E-state index contributed by atoms with van der Waals surface area (Å²) in [5.74, 6) is 1.09. The molecule has 3 aromatic rings. The summed E-state index contributed by atoms with van der Waals surface area (Å²) in [6, 6.07) is 9.88. The normalized spacial score (nSPS) is 10.8. The number of nitrogen functional groups attached to an aromatic ring is 1. The van der Waals surface area contributed by atoms with Gasteiger partial charge in [-0.2, -0.15) is 0 Å². The highest BCUT2D eigenvalue weighted by Gasteiger charge is 2.20. The molecule has 0 bridgehead atoms. The van der Waals surface area contributed by atoms with Gasteiger partial charge in [-0.25, -0.2) is 0 Å². The molecule has 3 nitrogen and oxygen atoms in total. The van der Waals surface area contributed by atoms with Crippen LogP contribution in [0.5, 0.6) is 0 Å². The Bertz CT molecular complexity index is 736. The third-order valence-corrected chi connectivity index (χ3v) is 4.98. The number of aromatic nitrogens is 1. The van der Waals surface area contributed by atoms with Crippen molar-refractivity contribution >= 4 is 49.0 Å². The molecular weight excluding hydrogens is 392 g/mol. The minimum atomic E-state index is 0.397. The number of hydrogen-bond acceptors (Lipinski definition) is 4. The van der Waals surface area contributed by atoms with Crippen LogP contribution in [-0.4, -0.2) is 5.16 Å². The first-order chi connectivity index (χ1) is 9.16. The number of nitrogens with two attached hydrogens (primary N) is 1. The first kappa shape index (κ1) is 12.9. The Labute approximate surface area is 130 Å². The lowest BCUT2D eigenvalue weighted by Gasteiger charge is -2.02. The number of anilines is 1. The maximum Gasteiger partial charge on any atom is 0.187 e. The maximum atomic E-state index is 5.95. The fourth-order valence-corrected chi connectivity index (χ4v) is 3.77. The summed E-state index contributed by atoms with van der Waals surface area (Å²) >= 11 is 8.55. The predicted octanol–water partition coefficient (Wildman–Crippen LogP) is 5.18. The Kier molecular flexibility index (Phi) is 3.47. The Morgan fingerprint density at radius 2 is 2.05 bits per heavy atom. The van der Waals surface area contributed by atoms with E-state index in [1.165, 1.54) is 0 Å². The molecule has 0 atom stereocenters. The van der Waals surface area contributed by atoms with Gasteiger partial charge in [-0.05, 0) is 45.1 Å². The van der Waals surface area contributed by atoms with Crippen molar-refractivity contribution in [2.45, 2.75) is 0 Å². The molecule has 0 aliphatic rings. The van der Waals surface area contributed by atoms with E-state index in [2.05, 4.69) is 37.0 Å². The monoisotopic (exact) mass is 398 g/mol. The molecule has 3 rings (SSSR count). The van der Waals surface area contributed by atoms with E-state index in [1.807, 2.05) is 35.7 Å². The summed E-state index contributed by atoms with van der Waals surface area (Å²) < 4.78 is 7.37. The summed E-state index contributed by atoms with van der Waals surface area (Å²) in [5, 5.41) is 5.88. The van der Waals surface area contributed by atoms with Gasteiger partial charge in [-0.3, -0.25) is 0 Å². The largest absolute Gasteiger partial charge is 0.380 e. The molecule has 19 heavy (non-hydrogen) atoms. The van der Waals surface area contributed by atoms with Crippen LogP contribution in [0.3, 0.4) is 0 Å². The van der Waals surface area contributed by atoms with E-state index in [0.717, 1.165) is 24.9 Å². The van der Waals surface area contributed by atoms with Crippen LogP contribution in [0.15, 0.2) is 49.2 Å². The number of rotatable bonds is 2. The van der Waals surface area contributed by atoms with E-state index in [4.69, 9.17) is 10.3 Å². The van der Waals surface area contributed by atoms with E-state index in [-0.39, 0.29) is 0 Å². The highest BCUT2D eigenvalue weighted by atomic mass is 79.9. The highest BCUT2D eigenvalue weighted by Crippen LogP contribution is 2.42. The van der Waals surface area contributed by atoms with Gasteiger partial charge in [-0.15, -0.1) is 11.3 Å². The zero-order valence-corrected chi connectivity index (χ0v) is 13.5. The Morgan fingerprint density at radius 1 is 1.21 bits per heavy atom. The zero-order valence-electron chi connectivity index (χ0n) is 9.56. The minimum absolute atomic E-state index is 0.397. The van der Waals surface area contributed by atoms with E-state index >= 15 is 0 Å². The van der Waals surface area contributed by atoms with E-state index in [0.29, 0.717) is 11.6 Å². The van der Waals surface area contributed by atoms with Gasteiger partial charge in [0.25, 0.3) is 0 Å². The molecule has 0 saturated heterocycles. The van der Waals surface area contributed by atoms with Crippen LogP contribution >= 0.6 is 43.2 Å². The zero-order chi connectivity index (χ0) is 13.4. The van der Waals surface area contributed by atoms with Gasteiger partial charge in [0.1, 0.15) is 0 Å². The first-order valence-corrected chi connectivity index (χ1v) is 7.88. The quantitative estimate of drug-likeness (QED) is 0.645. The van der Waals surface area contributed by atoms with E-state index in [1.54, 1.807) is 11.3 Å². The molecule has 1 aromatic carbocycles. The van der Waals surface area contributed by atoms with E-state index < -0.39 is 0 Å². The maximum absolute atomic E-state index is 5.95. The van der Waals surface area contributed by atoms with Crippen LogP contribution < -0.4 is 5.73 Å². The van der Waals surface area contributed by atoms with Crippen molar-refractivity contribution < 1.29 is 4.52 Å². The molecular formula is C13H8Br2N2OS. The second-order valence-electron chi connectivity index (χ2n) is 3.88. The second kappa shape index (κ2) is 5.11. The van der Waals surface area contributed by atoms with E-state index in [9.17, 15) is 0 Å². The molecule has 0 fully saturated rings. The summed E-state index contributed by atoms with van der Waals surface area (Å²) in [4.78, 5) is 0.985. The van der Waals surface area contributed by atoms with Crippen molar-refractivity contribution in [3.63, 3.8) is 0 Å².